The minimum atomic E-state index is -0.980. The normalized spacial score (nSPS) is 15.0. The third-order valence-corrected chi connectivity index (χ3v) is 3.14. The first-order chi connectivity index (χ1) is 7.10. The Kier molecular flexibility index (Phi) is 5.02. The molecule has 1 aromatic rings. The predicted molar refractivity (Wildman–Crippen MR) is 62.1 cm³/mol. The number of aliphatic hydroxyl groups excluding tert-OH is 3. The zero-order valence-electron chi connectivity index (χ0n) is 7.90. The smallest absolute Gasteiger partial charge is 0.106 e. The minimum Gasteiger partial charge on any atom is -0.392 e. The fourth-order valence-electron chi connectivity index (χ4n) is 1.21. The molecule has 84 valence electrons. The molecule has 3 N–H and O–H groups in total. The monoisotopic (exact) mass is 294 g/mol. The average Bonchev–Trinajstić information content (AvgIpc) is 2.27. The molecule has 0 aliphatic rings. The number of aliphatic hydroxyl groups is 3. The van der Waals surface area contributed by atoms with E-state index in [1.54, 1.807) is 18.2 Å². The van der Waals surface area contributed by atoms with Crippen LogP contribution >= 0.6 is 27.5 Å². The Morgan fingerprint density at radius 3 is 2.53 bits per heavy atom. The van der Waals surface area contributed by atoms with E-state index in [-0.39, 0.29) is 11.9 Å². The maximum atomic E-state index is 9.70. The zero-order chi connectivity index (χ0) is 11.4. The molecular formula is C10H12BrClO3. The van der Waals surface area contributed by atoms with Crippen molar-refractivity contribution in [2.75, 3.05) is 5.33 Å². The van der Waals surface area contributed by atoms with Crippen LogP contribution in [0.1, 0.15) is 17.2 Å². The van der Waals surface area contributed by atoms with Gasteiger partial charge in [-0.25, -0.2) is 0 Å². The van der Waals surface area contributed by atoms with E-state index in [1.165, 1.54) is 0 Å². The van der Waals surface area contributed by atoms with Crippen LogP contribution in [-0.4, -0.2) is 26.8 Å². The van der Waals surface area contributed by atoms with E-state index < -0.39 is 12.2 Å². The number of rotatable bonds is 4. The first-order valence-corrected chi connectivity index (χ1v) is 5.91. The van der Waals surface area contributed by atoms with Crippen LogP contribution in [-0.2, 0) is 6.61 Å². The van der Waals surface area contributed by atoms with E-state index in [0.717, 1.165) is 0 Å². The van der Waals surface area contributed by atoms with Crippen LogP contribution in [0, 0.1) is 0 Å². The highest BCUT2D eigenvalue weighted by Crippen LogP contribution is 2.24. The molecular weight excluding hydrogens is 283 g/mol. The van der Waals surface area contributed by atoms with Crippen LogP contribution in [0.3, 0.4) is 0 Å². The fraction of sp³-hybridized carbons (Fsp3) is 0.400. The van der Waals surface area contributed by atoms with Gasteiger partial charge in [0.25, 0.3) is 0 Å². The molecule has 2 unspecified atom stereocenters. The molecule has 0 aliphatic carbocycles. The molecule has 0 heterocycles. The lowest BCUT2D eigenvalue weighted by molar-refractivity contribution is 0.0342. The van der Waals surface area contributed by atoms with Crippen molar-refractivity contribution in [3.8, 4) is 0 Å². The average molecular weight is 296 g/mol. The zero-order valence-corrected chi connectivity index (χ0v) is 10.2. The summed E-state index contributed by atoms with van der Waals surface area (Å²) in [5.74, 6) is 0. The van der Waals surface area contributed by atoms with Crippen molar-refractivity contribution in [2.24, 2.45) is 0 Å². The molecule has 0 fully saturated rings. The second-order valence-corrected chi connectivity index (χ2v) is 4.23. The first-order valence-electron chi connectivity index (χ1n) is 4.41. The van der Waals surface area contributed by atoms with Gasteiger partial charge in [-0.2, -0.15) is 0 Å². The molecule has 5 heteroatoms. The molecule has 0 aromatic heterocycles. The number of hydrogen-bond acceptors (Lipinski definition) is 3. The van der Waals surface area contributed by atoms with E-state index in [0.29, 0.717) is 16.1 Å². The Morgan fingerprint density at radius 1 is 1.33 bits per heavy atom. The summed E-state index contributed by atoms with van der Waals surface area (Å²) in [5.41, 5.74) is 1.07. The van der Waals surface area contributed by atoms with Gasteiger partial charge >= 0.3 is 0 Å². The summed E-state index contributed by atoms with van der Waals surface area (Å²) >= 11 is 8.88. The predicted octanol–water partition coefficient (Wildman–Crippen LogP) is 1.62. The highest BCUT2D eigenvalue weighted by Gasteiger charge is 2.17. The topological polar surface area (TPSA) is 60.7 Å². The summed E-state index contributed by atoms with van der Waals surface area (Å²) < 4.78 is 0. The molecule has 0 aliphatic heterocycles. The Hall–Kier alpha value is -0.130. The van der Waals surface area contributed by atoms with Crippen molar-refractivity contribution in [3.05, 3.63) is 34.3 Å². The molecule has 0 amide bonds. The quantitative estimate of drug-likeness (QED) is 0.740. The molecule has 0 radical (unpaired) electrons. The highest BCUT2D eigenvalue weighted by molar-refractivity contribution is 9.09. The Morgan fingerprint density at radius 2 is 2.00 bits per heavy atom. The van der Waals surface area contributed by atoms with Gasteiger partial charge in [0.2, 0.25) is 0 Å². The van der Waals surface area contributed by atoms with Crippen molar-refractivity contribution in [2.45, 2.75) is 18.8 Å². The fourth-order valence-corrected chi connectivity index (χ4v) is 1.74. The Labute approximate surface area is 101 Å². The lowest BCUT2D eigenvalue weighted by atomic mass is 10.0. The van der Waals surface area contributed by atoms with Gasteiger partial charge < -0.3 is 15.3 Å². The van der Waals surface area contributed by atoms with E-state index >= 15 is 0 Å². The third kappa shape index (κ3) is 3.16. The SMILES string of the molecule is OCc1cc(C(O)C(O)CBr)ccc1Cl. The highest BCUT2D eigenvalue weighted by atomic mass is 79.9. The van der Waals surface area contributed by atoms with Crippen LogP contribution in [0.4, 0.5) is 0 Å². The van der Waals surface area contributed by atoms with Crippen LogP contribution in [0.15, 0.2) is 18.2 Å². The van der Waals surface area contributed by atoms with Crippen LogP contribution < -0.4 is 0 Å². The van der Waals surface area contributed by atoms with Gasteiger partial charge in [0, 0.05) is 10.4 Å². The summed E-state index contributed by atoms with van der Waals surface area (Å²) in [4.78, 5) is 0. The van der Waals surface area contributed by atoms with Crippen molar-refractivity contribution in [3.63, 3.8) is 0 Å². The molecule has 0 saturated heterocycles. The van der Waals surface area contributed by atoms with Gasteiger partial charge in [0.1, 0.15) is 6.10 Å². The molecule has 1 aromatic carbocycles. The molecule has 15 heavy (non-hydrogen) atoms. The summed E-state index contributed by atoms with van der Waals surface area (Å²) in [7, 11) is 0. The number of halogens is 2. The molecule has 0 spiro atoms. The summed E-state index contributed by atoms with van der Waals surface area (Å²) in [6.45, 7) is -0.191. The minimum absolute atomic E-state index is 0.191. The van der Waals surface area contributed by atoms with Crippen LogP contribution in [0.2, 0.25) is 5.02 Å². The summed E-state index contributed by atoms with van der Waals surface area (Å²) in [6.07, 6.45) is -1.86. The molecule has 3 nitrogen and oxygen atoms in total. The van der Waals surface area contributed by atoms with Crippen LogP contribution in [0.5, 0.6) is 0 Å². The van der Waals surface area contributed by atoms with Gasteiger partial charge in [-0.15, -0.1) is 0 Å². The standard InChI is InChI=1S/C10H12BrClO3/c11-4-9(14)10(15)6-1-2-8(12)7(3-6)5-13/h1-3,9-10,13-15H,4-5H2. The van der Waals surface area contributed by atoms with Crippen LogP contribution in [0.25, 0.3) is 0 Å². The van der Waals surface area contributed by atoms with E-state index in [1.807, 2.05) is 0 Å². The van der Waals surface area contributed by atoms with Gasteiger partial charge in [0.05, 0.1) is 12.7 Å². The van der Waals surface area contributed by atoms with Crippen molar-refractivity contribution < 1.29 is 15.3 Å². The van der Waals surface area contributed by atoms with E-state index in [2.05, 4.69) is 15.9 Å². The number of hydrogen-bond donors (Lipinski definition) is 3. The second kappa shape index (κ2) is 5.82. The van der Waals surface area contributed by atoms with E-state index in [4.69, 9.17) is 16.7 Å². The maximum absolute atomic E-state index is 9.70. The molecule has 0 bridgehead atoms. The third-order valence-electron chi connectivity index (χ3n) is 2.10. The van der Waals surface area contributed by atoms with Gasteiger partial charge in [-0.3, -0.25) is 0 Å². The lowest BCUT2D eigenvalue weighted by Crippen LogP contribution is -2.19. The summed E-state index contributed by atoms with van der Waals surface area (Å²) in [5, 5.41) is 28.8. The van der Waals surface area contributed by atoms with Gasteiger partial charge in [-0.1, -0.05) is 33.6 Å². The molecule has 1 rings (SSSR count). The number of benzene rings is 1. The summed E-state index contributed by atoms with van der Waals surface area (Å²) in [6, 6.07) is 4.80. The first kappa shape index (κ1) is 12.9. The van der Waals surface area contributed by atoms with Crippen molar-refractivity contribution in [1.29, 1.82) is 0 Å². The molecule has 2 atom stereocenters. The van der Waals surface area contributed by atoms with Crippen molar-refractivity contribution in [1.82, 2.24) is 0 Å². The molecule has 0 saturated carbocycles. The second-order valence-electron chi connectivity index (χ2n) is 3.18. The van der Waals surface area contributed by atoms with Gasteiger partial charge in [-0.05, 0) is 23.3 Å². The maximum Gasteiger partial charge on any atom is 0.106 e. The van der Waals surface area contributed by atoms with E-state index in [9.17, 15) is 10.2 Å². The Balaban J connectivity index is 2.95. The number of alkyl halides is 1. The van der Waals surface area contributed by atoms with Gasteiger partial charge in [0.15, 0.2) is 0 Å². The lowest BCUT2D eigenvalue weighted by Gasteiger charge is -2.16. The van der Waals surface area contributed by atoms with Crippen molar-refractivity contribution >= 4 is 27.5 Å². The Bertz CT molecular complexity index is 332. The largest absolute Gasteiger partial charge is 0.392 e.